The highest BCUT2D eigenvalue weighted by atomic mass is 32.1. The van der Waals surface area contributed by atoms with E-state index in [-0.39, 0.29) is 11.5 Å². The molecule has 1 heterocycles. The second-order valence-corrected chi connectivity index (χ2v) is 4.88. The van der Waals surface area contributed by atoms with Crippen LogP contribution in [0.3, 0.4) is 0 Å². The van der Waals surface area contributed by atoms with E-state index in [1.165, 1.54) is 24.3 Å². The maximum atomic E-state index is 10.9. The Morgan fingerprint density at radius 2 is 2.15 bits per heavy atom. The minimum absolute atomic E-state index is 0.163. The first-order valence-corrected chi connectivity index (χ1v) is 6.67. The topological polar surface area (TPSA) is 79.3 Å². The average molecular weight is 288 g/mol. The van der Waals surface area contributed by atoms with E-state index in [2.05, 4.69) is 10.3 Å². The van der Waals surface area contributed by atoms with Crippen molar-refractivity contribution in [3.05, 3.63) is 46.5 Å². The maximum absolute atomic E-state index is 10.9. The molecule has 0 saturated carbocycles. The summed E-state index contributed by atoms with van der Waals surface area (Å²) in [7, 11) is 0. The molecule has 0 atom stereocenters. The van der Waals surface area contributed by atoms with Crippen LogP contribution >= 0.6 is 11.3 Å². The van der Waals surface area contributed by atoms with E-state index in [0.717, 1.165) is 5.56 Å². The van der Waals surface area contributed by atoms with E-state index in [1.54, 1.807) is 24.3 Å². The highest BCUT2D eigenvalue weighted by molar-refractivity contribution is 7.14. The van der Waals surface area contributed by atoms with Crippen molar-refractivity contribution >= 4 is 40.5 Å². The molecule has 0 aliphatic heterocycles. The fourth-order valence-corrected chi connectivity index (χ4v) is 2.25. The van der Waals surface area contributed by atoms with Crippen LogP contribution in [0.2, 0.25) is 0 Å². The molecule has 2 N–H and O–H groups in total. The summed E-state index contributed by atoms with van der Waals surface area (Å²) in [5, 5.41) is 13.9. The van der Waals surface area contributed by atoms with E-state index < -0.39 is 5.97 Å². The van der Waals surface area contributed by atoms with E-state index in [0.29, 0.717) is 10.8 Å². The lowest BCUT2D eigenvalue weighted by Crippen LogP contribution is -2.04. The molecule has 20 heavy (non-hydrogen) atoms. The highest BCUT2D eigenvalue weighted by Crippen LogP contribution is 2.17. The first-order valence-electron chi connectivity index (χ1n) is 5.79. The number of carboxylic acids is 1. The summed E-state index contributed by atoms with van der Waals surface area (Å²) in [6.45, 7) is 1.42. The van der Waals surface area contributed by atoms with E-state index in [4.69, 9.17) is 5.11 Å². The van der Waals surface area contributed by atoms with Crippen molar-refractivity contribution in [2.24, 2.45) is 0 Å². The van der Waals surface area contributed by atoms with Gasteiger partial charge in [0.1, 0.15) is 0 Å². The van der Waals surface area contributed by atoms with Gasteiger partial charge in [-0.2, -0.15) is 0 Å². The summed E-state index contributed by atoms with van der Waals surface area (Å²) >= 11 is 1.33. The number of benzene rings is 1. The number of carbonyl (C=O) groups is 2. The standard InChI is InChI=1S/C14H12N2O3S/c1-9(17)15-14-16-12(8-20-14)6-5-10-3-2-4-11(7-10)13(18)19/h2-8H,1H3,(H,18,19)(H,15,16,17)/b6-5+. The first-order chi connectivity index (χ1) is 9.54. The number of hydrogen-bond acceptors (Lipinski definition) is 4. The van der Waals surface area contributed by atoms with Gasteiger partial charge in [0.25, 0.3) is 0 Å². The number of carbonyl (C=O) groups excluding carboxylic acids is 1. The molecule has 0 aliphatic rings. The lowest BCUT2D eigenvalue weighted by molar-refractivity contribution is -0.114. The summed E-state index contributed by atoms with van der Waals surface area (Å²) in [4.78, 5) is 25.9. The van der Waals surface area contributed by atoms with Crippen LogP contribution in [0.25, 0.3) is 12.2 Å². The van der Waals surface area contributed by atoms with Gasteiger partial charge in [0, 0.05) is 12.3 Å². The quantitative estimate of drug-likeness (QED) is 0.906. The third-order valence-corrected chi connectivity index (χ3v) is 3.16. The molecule has 0 aliphatic carbocycles. The SMILES string of the molecule is CC(=O)Nc1nc(/C=C/c2cccc(C(=O)O)c2)cs1. The van der Waals surface area contributed by atoms with Crippen molar-refractivity contribution in [1.82, 2.24) is 4.98 Å². The molecule has 5 nitrogen and oxygen atoms in total. The van der Waals surface area contributed by atoms with Gasteiger partial charge in [0.2, 0.25) is 5.91 Å². The van der Waals surface area contributed by atoms with Crippen molar-refractivity contribution in [3.8, 4) is 0 Å². The third kappa shape index (κ3) is 3.76. The maximum Gasteiger partial charge on any atom is 0.335 e. The zero-order valence-electron chi connectivity index (χ0n) is 10.7. The monoisotopic (exact) mass is 288 g/mol. The van der Waals surface area contributed by atoms with E-state index >= 15 is 0 Å². The van der Waals surface area contributed by atoms with Crippen LogP contribution < -0.4 is 5.32 Å². The van der Waals surface area contributed by atoms with Crippen LogP contribution in [-0.2, 0) is 4.79 Å². The van der Waals surface area contributed by atoms with Crippen molar-refractivity contribution in [2.45, 2.75) is 6.92 Å². The van der Waals surface area contributed by atoms with Gasteiger partial charge in [-0.15, -0.1) is 11.3 Å². The van der Waals surface area contributed by atoms with Crippen molar-refractivity contribution in [3.63, 3.8) is 0 Å². The number of aromatic nitrogens is 1. The molecule has 6 heteroatoms. The average Bonchev–Trinajstić information content (AvgIpc) is 2.83. The molecule has 2 rings (SSSR count). The predicted molar refractivity (Wildman–Crippen MR) is 78.7 cm³/mol. The first kappa shape index (κ1) is 14.0. The van der Waals surface area contributed by atoms with Gasteiger partial charge < -0.3 is 10.4 Å². The number of aromatic carboxylic acids is 1. The van der Waals surface area contributed by atoms with Crippen LogP contribution in [-0.4, -0.2) is 22.0 Å². The molecule has 1 aromatic heterocycles. The molecule has 0 unspecified atom stereocenters. The predicted octanol–water partition coefficient (Wildman–Crippen LogP) is 2.97. The van der Waals surface area contributed by atoms with Gasteiger partial charge in [0.15, 0.2) is 5.13 Å². The molecule has 102 valence electrons. The van der Waals surface area contributed by atoms with Crippen LogP contribution in [0.1, 0.15) is 28.5 Å². The largest absolute Gasteiger partial charge is 0.478 e. The molecule has 0 spiro atoms. The molecule has 2 aromatic rings. The molecule has 0 fully saturated rings. The second-order valence-electron chi connectivity index (χ2n) is 4.02. The summed E-state index contributed by atoms with van der Waals surface area (Å²) in [5.74, 6) is -1.12. The molecule has 0 radical (unpaired) electrons. The van der Waals surface area contributed by atoms with Crippen LogP contribution in [0.5, 0.6) is 0 Å². The van der Waals surface area contributed by atoms with Gasteiger partial charge in [-0.25, -0.2) is 9.78 Å². The highest BCUT2D eigenvalue weighted by Gasteiger charge is 2.02. The fraction of sp³-hybridized carbons (Fsp3) is 0.0714. The second kappa shape index (κ2) is 6.12. The molecule has 1 amide bonds. The smallest absolute Gasteiger partial charge is 0.335 e. The Bertz CT molecular complexity index is 677. The zero-order chi connectivity index (χ0) is 14.5. The van der Waals surface area contributed by atoms with Crippen molar-refractivity contribution < 1.29 is 14.7 Å². The minimum atomic E-state index is -0.957. The fourth-order valence-electron chi connectivity index (χ4n) is 1.53. The van der Waals surface area contributed by atoms with E-state index in [9.17, 15) is 9.59 Å². The number of nitrogens with one attached hydrogen (secondary N) is 1. The summed E-state index contributed by atoms with van der Waals surface area (Å²) < 4.78 is 0. The summed E-state index contributed by atoms with van der Waals surface area (Å²) in [5.41, 5.74) is 1.72. The number of nitrogens with zero attached hydrogens (tertiary/aromatic N) is 1. The number of rotatable bonds is 4. The van der Waals surface area contributed by atoms with Crippen LogP contribution in [0, 0.1) is 0 Å². The van der Waals surface area contributed by atoms with Crippen molar-refractivity contribution in [1.29, 1.82) is 0 Å². The van der Waals surface area contributed by atoms with Crippen molar-refractivity contribution in [2.75, 3.05) is 5.32 Å². The summed E-state index contributed by atoms with van der Waals surface area (Å²) in [6, 6.07) is 6.62. The van der Waals surface area contributed by atoms with E-state index in [1.807, 2.05) is 11.4 Å². The molecule has 1 aromatic carbocycles. The lowest BCUT2D eigenvalue weighted by atomic mass is 10.1. The van der Waals surface area contributed by atoms with Crippen LogP contribution in [0.15, 0.2) is 29.6 Å². The Morgan fingerprint density at radius 1 is 1.35 bits per heavy atom. The Hall–Kier alpha value is -2.47. The Labute approximate surface area is 119 Å². The number of carboxylic acid groups (broad SMARTS) is 1. The van der Waals surface area contributed by atoms with Gasteiger partial charge in [-0.05, 0) is 23.8 Å². The molecule has 0 saturated heterocycles. The Kier molecular flexibility index (Phi) is 4.27. The van der Waals surface area contributed by atoms with Gasteiger partial charge in [-0.3, -0.25) is 4.79 Å². The third-order valence-electron chi connectivity index (χ3n) is 2.39. The molecular formula is C14H12N2O3S. The van der Waals surface area contributed by atoms with Crippen LogP contribution in [0.4, 0.5) is 5.13 Å². The Balaban J connectivity index is 2.12. The molecular weight excluding hydrogens is 276 g/mol. The number of amides is 1. The Morgan fingerprint density at radius 3 is 2.85 bits per heavy atom. The van der Waals surface area contributed by atoms with Gasteiger partial charge >= 0.3 is 5.97 Å². The summed E-state index contributed by atoms with van der Waals surface area (Å²) in [6.07, 6.45) is 3.54. The normalized spacial score (nSPS) is 10.7. The van der Waals surface area contributed by atoms with Gasteiger partial charge in [-0.1, -0.05) is 18.2 Å². The number of thiazole rings is 1. The zero-order valence-corrected chi connectivity index (χ0v) is 11.5. The van der Waals surface area contributed by atoms with Gasteiger partial charge in [0.05, 0.1) is 11.3 Å². The lowest BCUT2D eigenvalue weighted by Gasteiger charge is -1.96. The molecule has 0 bridgehead atoms. The number of anilines is 1. The minimum Gasteiger partial charge on any atom is -0.478 e. The number of hydrogen-bond donors (Lipinski definition) is 2.